The first-order valence-corrected chi connectivity index (χ1v) is 6.42. The van der Waals surface area contributed by atoms with Crippen LogP contribution in [-0.4, -0.2) is 9.89 Å². The molecule has 5 nitrogen and oxygen atoms in total. The number of hydrogen-bond donors (Lipinski definition) is 3. The second-order valence-corrected chi connectivity index (χ2v) is 5.95. The van der Waals surface area contributed by atoms with E-state index in [-0.39, 0.29) is 11.6 Å². The molecule has 2 heterocycles. The third-order valence-electron chi connectivity index (χ3n) is 3.29. The summed E-state index contributed by atoms with van der Waals surface area (Å²) in [6, 6.07) is 9.92. The van der Waals surface area contributed by atoms with Gasteiger partial charge in [0.05, 0.1) is 5.69 Å². The largest absolute Gasteiger partial charge is 0.399 e. The molecular weight excluding hydrogens is 238 g/mol. The van der Waals surface area contributed by atoms with Crippen LogP contribution in [0, 0.1) is 0 Å². The second kappa shape index (κ2) is 3.91. The van der Waals surface area contributed by atoms with E-state index in [2.05, 4.69) is 42.7 Å². The zero-order chi connectivity index (χ0) is 13.6. The molecule has 0 amide bonds. The van der Waals surface area contributed by atoms with Gasteiger partial charge in [-0.3, -0.25) is 5.43 Å². The average molecular weight is 257 g/mol. The number of nitrogens with zero attached hydrogens (tertiary/aromatic N) is 2. The van der Waals surface area contributed by atoms with Gasteiger partial charge >= 0.3 is 0 Å². The van der Waals surface area contributed by atoms with Crippen molar-refractivity contribution in [1.82, 2.24) is 9.89 Å². The first-order valence-electron chi connectivity index (χ1n) is 6.42. The van der Waals surface area contributed by atoms with E-state index >= 15 is 0 Å². The minimum atomic E-state index is 0.0390. The highest BCUT2D eigenvalue weighted by atomic mass is 15.7. The van der Waals surface area contributed by atoms with E-state index in [0.717, 1.165) is 22.8 Å². The Morgan fingerprint density at radius 3 is 2.47 bits per heavy atom. The molecule has 0 fully saturated rings. The average Bonchev–Trinajstić information content (AvgIpc) is 2.86. The van der Waals surface area contributed by atoms with Crippen molar-refractivity contribution in [1.29, 1.82) is 0 Å². The molecule has 0 spiro atoms. The fourth-order valence-electron chi connectivity index (χ4n) is 2.10. The summed E-state index contributed by atoms with van der Waals surface area (Å²) < 4.78 is 0. The van der Waals surface area contributed by atoms with Gasteiger partial charge in [0.2, 0.25) is 0 Å². The number of rotatable bonds is 1. The van der Waals surface area contributed by atoms with E-state index in [1.807, 2.05) is 29.1 Å². The lowest BCUT2D eigenvalue weighted by molar-refractivity contribution is 0.552. The van der Waals surface area contributed by atoms with Crippen LogP contribution in [0.4, 0.5) is 11.5 Å². The van der Waals surface area contributed by atoms with Crippen molar-refractivity contribution in [2.45, 2.75) is 32.4 Å². The molecule has 100 valence electrons. The van der Waals surface area contributed by atoms with Gasteiger partial charge in [-0.2, -0.15) is 9.89 Å². The van der Waals surface area contributed by atoms with E-state index in [9.17, 15) is 0 Å². The number of nitrogen functional groups attached to an aromatic ring is 1. The number of benzene rings is 1. The Bertz CT molecular complexity index is 568. The van der Waals surface area contributed by atoms with Crippen LogP contribution in [-0.2, 0) is 5.41 Å². The number of anilines is 2. The van der Waals surface area contributed by atoms with Gasteiger partial charge in [-0.25, -0.2) is 0 Å². The molecule has 19 heavy (non-hydrogen) atoms. The number of hydrogen-bond acceptors (Lipinski definition) is 4. The summed E-state index contributed by atoms with van der Waals surface area (Å²) >= 11 is 0. The van der Waals surface area contributed by atoms with E-state index < -0.39 is 0 Å². The smallest absolute Gasteiger partial charge is 0.149 e. The van der Waals surface area contributed by atoms with Gasteiger partial charge < -0.3 is 11.1 Å². The highest BCUT2D eigenvalue weighted by molar-refractivity contribution is 5.49. The maximum Gasteiger partial charge on any atom is 0.149 e. The molecule has 1 aliphatic rings. The van der Waals surface area contributed by atoms with E-state index in [1.54, 1.807) is 0 Å². The molecule has 1 aliphatic heterocycles. The van der Waals surface area contributed by atoms with Crippen LogP contribution < -0.4 is 16.5 Å². The molecule has 1 aromatic heterocycles. The van der Waals surface area contributed by atoms with Crippen molar-refractivity contribution in [2.75, 3.05) is 16.5 Å². The van der Waals surface area contributed by atoms with E-state index in [4.69, 9.17) is 5.73 Å². The van der Waals surface area contributed by atoms with Gasteiger partial charge in [0, 0.05) is 17.2 Å². The fraction of sp³-hybridized carbons (Fsp3) is 0.357. The molecule has 0 aliphatic carbocycles. The fourth-order valence-corrected chi connectivity index (χ4v) is 2.10. The van der Waals surface area contributed by atoms with Crippen LogP contribution in [0.15, 0.2) is 30.3 Å². The van der Waals surface area contributed by atoms with Crippen LogP contribution in [0.5, 0.6) is 0 Å². The lowest BCUT2D eigenvalue weighted by Crippen LogP contribution is -2.20. The maximum absolute atomic E-state index is 5.70. The van der Waals surface area contributed by atoms with Crippen molar-refractivity contribution in [3.63, 3.8) is 0 Å². The molecule has 0 radical (unpaired) electrons. The van der Waals surface area contributed by atoms with Crippen molar-refractivity contribution in [3.8, 4) is 0 Å². The third-order valence-corrected chi connectivity index (χ3v) is 3.29. The monoisotopic (exact) mass is 257 g/mol. The Balaban J connectivity index is 1.82. The number of aromatic nitrogens is 2. The highest BCUT2D eigenvalue weighted by Crippen LogP contribution is 2.29. The van der Waals surface area contributed by atoms with E-state index in [0.29, 0.717) is 0 Å². The van der Waals surface area contributed by atoms with Crippen molar-refractivity contribution >= 4 is 11.5 Å². The van der Waals surface area contributed by atoms with Gasteiger partial charge in [-0.1, -0.05) is 32.9 Å². The molecule has 5 heteroatoms. The van der Waals surface area contributed by atoms with Crippen LogP contribution >= 0.6 is 0 Å². The van der Waals surface area contributed by atoms with Gasteiger partial charge in [-0.05, 0) is 17.7 Å². The minimum Gasteiger partial charge on any atom is -0.399 e. The Morgan fingerprint density at radius 1 is 1.21 bits per heavy atom. The van der Waals surface area contributed by atoms with Gasteiger partial charge in [0.1, 0.15) is 12.0 Å². The first kappa shape index (κ1) is 11.9. The SMILES string of the molecule is CC(C)(C)c1cc2n(n1)NC(c1ccc(N)cc1)N2. The summed E-state index contributed by atoms with van der Waals surface area (Å²) in [6.45, 7) is 6.47. The lowest BCUT2D eigenvalue weighted by atomic mass is 9.92. The molecule has 0 saturated carbocycles. The molecule has 1 atom stereocenters. The Morgan fingerprint density at radius 2 is 1.89 bits per heavy atom. The summed E-state index contributed by atoms with van der Waals surface area (Å²) in [5, 5.41) is 7.98. The topological polar surface area (TPSA) is 67.9 Å². The molecule has 4 N–H and O–H groups in total. The summed E-state index contributed by atoms with van der Waals surface area (Å²) in [5.74, 6) is 0.992. The minimum absolute atomic E-state index is 0.0390. The second-order valence-electron chi connectivity index (χ2n) is 5.95. The van der Waals surface area contributed by atoms with Gasteiger partial charge in [0.15, 0.2) is 0 Å². The van der Waals surface area contributed by atoms with Crippen molar-refractivity contribution in [2.24, 2.45) is 0 Å². The number of nitrogens with one attached hydrogen (secondary N) is 2. The number of nitrogens with two attached hydrogens (primary N) is 1. The molecule has 3 rings (SSSR count). The molecule has 1 aromatic carbocycles. The van der Waals surface area contributed by atoms with Crippen LogP contribution in [0.1, 0.15) is 38.2 Å². The Kier molecular flexibility index (Phi) is 2.45. The summed E-state index contributed by atoms with van der Waals surface area (Å²) in [5.41, 5.74) is 12.0. The Hall–Kier alpha value is -2.17. The summed E-state index contributed by atoms with van der Waals surface area (Å²) in [4.78, 5) is 1.81. The van der Waals surface area contributed by atoms with Crippen molar-refractivity contribution < 1.29 is 0 Å². The molecular formula is C14H19N5. The molecule has 0 bridgehead atoms. The standard InChI is InChI=1S/C14H19N5/c1-14(2,3)11-8-12-16-13(18-19(12)17-11)9-4-6-10(15)7-5-9/h4-8,13,16,18H,15H2,1-3H3. The maximum atomic E-state index is 5.70. The summed E-state index contributed by atoms with van der Waals surface area (Å²) in [6.07, 6.45) is 0.0390. The van der Waals surface area contributed by atoms with Gasteiger partial charge in [-0.15, -0.1) is 0 Å². The molecule has 0 saturated heterocycles. The number of fused-ring (bicyclic) bond motifs is 1. The highest BCUT2D eigenvalue weighted by Gasteiger charge is 2.26. The zero-order valence-corrected chi connectivity index (χ0v) is 11.4. The predicted octanol–water partition coefficient (Wildman–Crippen LogP) is 2.43. The zero-order valence-electron chi connectivity index (χ0n) is 11.4. The van der Waals surface area contributed by atoms with Crippen LogP contribution in [0.2, 0.25) is 0 Å². The predicted molar refractivity (Wildman–Crippen MR) is 77.5 cm³/mol. The molecule has 2 aromatic rings. The first-order chi connectivity index (χ1) is 8.93. The molecule has 1 unspecified atom stereocenters. The van der Waals surface area contributed by atoms with Crippen LogP contribution in [0.3, 0.4) is 0 Å². The van der Waals surface area contributed by atoms with Crippen molar-refractivity contribution in [3.05, 3.63) is 41.6 Å². The normalized spacial score (nSPS) is 17.7. The lowest BCUT2D eigenvalue weighted by Gasteiger charge is -2.16. The Labute approximate surface area is 112 Å². The third kappa shape index (κ3) is 2.12. The van der Waals surface area contributed by atoms with Gasteiger partial charge in [0.25, 0.3) is 0 Å². The van der Waals surface area contributed by atoms with E-state index in [1.165, 1.54) is 0 Å². The summed E-state index contributed by atoms with van der Waals surface area (Å²) in [7, 11) is 0. The quantitative estimate of drug-likeness (QED) is 0.686. The van der Waals surface area contributed by atoms with Crippen LogP contribution in [0.25, 0.3) is 0 Å².